The summed E-state index contributed by atoms with van der Waals surface area (Å²) in [5.41, 5.74) is -0.183. The van der Waals surface area contributed by atoms with Crippen LogP contribution in [0.3, 0.4) is 0 Å². The zero-order chi connectivity index (χ0) is 32.0. The van der Waals surface area contributed by atoms with Crippen molar-refractivity contribution in [3.63, 3.8) is 0 Å². The van der Waals surface area contributed by atoms with Crippen LogP contribution in [0.25, 0.3) is 11.0 Å². The highest BCUT2D eigenvalue weighted by Crippen LogP contribution is 2.29. The summed E-state index contributed by atoms with van der Waals surface area (Å²) in [7, 11) is 6.13. The van der Waals surface area contributed by atoms with Gasteiger partial charge in [-0.3, -0.25) is 14.4 Å². The summed E-state index contributed by atoms with van der Waals surface area (Å²) in [6.07, 6.45) is 3.90. The van der Waals surface area contributed by atoms with Gasteiger partial charge in [-0.15, -0.1) is 0 Å². The van der Waals surface area contributed by atoms with E-state index in [4.69, 9.17) is 9.47 Å². The topological polar surface area (TPSA) is 145 Å². The number of likely N-dealkylation sites (N-methyl/N-ethyl adjacent to an activating group) is 1. The van der Waals surface area contributed by atoms with Crippen molar-refractivity contribution in [1.29, 1.82) is 0 Å². The third-order valence-corrected chi connectivity index (χ3v) is 6.80. The van der Waals surface area contributed by atoms with Crippen LogP contribution in [0.2, 0.25) is 0 Å². The maximum absolute atomic E-state index is 13.9. The number of fused-ring (bicyclic) bond motifs is 1. The molecule has 3 amide bonds. The number of hydrogen-bond donors (Lipinski definition) is 1. The smallest absolute Gasteiger partial charge is 0.420 e. The summed E-state index contributed by atoms with van der Waals surface area (Å²) in [6, 6.07) is 6.71. The molecule has 234 valence electrons. The second-order valence-electron chi connectivity index (χ2n) is 10.8. The molecule has 44 heavy (non-hydrogen) atoms. The first-order chi connectivity index (χ1) is 20.9. The van der Waals surface area contributed by atoms with Crippen LogP contribution in [0.4, 0.5) is 19.7 Å². The van der Waals surface area contributed by atoms with Gasteiger partial charge in [-0.2, -0.15) is 0 Å². The van der Waals surface area contributed by atoms with E-state index in [0.717, 1.165) is 17.7 Å². The standard InChI is InChI=1S/C30H35FN6O7/c1-34(2)26(38)10-6-5-9-24(44-29(41)35(3)4)27(39)33-21-8-7-15-36(28(21)40)17-25-32-22-16-20(31)13-14-23(22)37(25)30(42)43-18-19-11-12-19/h6-8,10,13-16,19,24H,5,9,11-12,17-18H2,1-4H3,(H,33,39)/b10-6+. The first kappa shape index (κ1) is 31.9. The molecule has 14 heteroatoms. The Morgan fingerprint density at radius 1 is 1.14 bits per heavy atom. The summed E-state index contributed by atoms with van der Waals surface area (Å²) < 4.78 is 27.2. The van der Waals surface area contributed by atoms with Gasteiger partial charge in [0.1, 0.15) is 17.3 Å². The van der Waals surface area contributed by atoms with Gasteiger partial charge in [0.2, 0.25) is 5.91 Å². The Hall–Kier alpha value is -5.01. The molecule has 4 rings (SSSR count). The number of pyridine rings is 1. The molecule has 0 bridgehead atoms. The van der Waals surface area contributed by atoms with Gasteiger partial charge in [-0.25, -0.2) is 23.5 Å². The van der Waals surface area contributed by atoms with Crippen LogP contribution in [-0.2, 0) is 25.6 Å². The second kappa shape index (κ2) is 14.0. The molecule has 0 saturated heterocycles. The van der Waals surface area contributed by atoms with Gasteiger partial charge in [0.15, 0.2) is 6.10 Å². The third kappa shape index (κ3) is 8.08. The lowest BCUT2D eigenvalue weighted by atomic mass is 10.1. The molecule has 1 fully saturated rings. The number of carbonyl (C=O) groups is 4. The largest absolute Gasteiger partial charge is 0.449 e. The number of amides is 3. The molecule has 1 aliphatic carbocycles. The van der Waals surface area contributed by atoms with Crippen LogP contribution in [0.5, 0.6) is 0 Å². The number of imidazole rings is 1. The average Bonchev–Trinajstić information content (AvgIpc) is 3.74. The molecule has 1 aromatic carbocycles. The summed E-state index contributed by atoms with van der Waals surface area (Å²) in [6.45, 7) is 0.0586. The van der Waals surface area contributed by atoms with Crippen molar-refractivity contribution in [3.8, 4) is 0 Å². The summed E-state index contributed by atoms with van der Waals surface area (Å²) in [5, 5.41) is 2.52. The van der Waals surface area contributed by atoms with Crippen molar-refractivity contribution in [2.75, 3.05) is 40.1 Å². The highest BCUT2D eigenvalue weighted by atomic mass is 19.1. The molecule has 0 radical (unpaired) electrons. The van der Waals surface area contributed by atoms with Crippen molar-refractivity contribution >= 4 is 40.7 Å². The number of aromatic nitrogens is 3. The van der Waals surface area contributed by atoms with Gasteiger partial charge in [-0.1, -0.05) is 6.08 Å². The Kier molecular flexibility index (Phi) is 10.1. The van der Waals surface area contributed by atoms with E-state index in [9.17, 15) is 28.4 Å². The molecule has 1 N–H and O–H groups in total. The lowest BCUT2D eigenvalue weighted by Crippen LogP contribution is -2.37. The van der Waals surface area contributed by atoms with E-state index >= 15 is 0 Å². The Balaban J connectivity index is 1.55. The second-order valence-corrected chi connectivity index (χ2v) is 10.8. The SMILES string of the molecule is CN(C)C(=O)/C=C/CCC(OC(=O)N(C)C)C(=O)Nc1cccn(Cc2nc3cc(F)ccc3n2C(=O)OCC2CC2)c1=O. The number of ether oxygens (including phenoxy) is 2. The van der Waals surface area contributed by atoms with Gasteiger partial charge in [0.25, 0.3) is 11.5 Å². The first-order valence-corrected chi connectivity index (χ1v) is 14.0. The maximum atomic E-state index is 13.9. The fraction of sp³-hybridized carbons (Fsp3) is 0.400. The number of benzene rings is 1. The Bertz CT molecular complexity index is 1640. The van der Waals surface area contributed by atoms with Gasteiger partial charge < -0.3 is 29.2 Å². The molecule has 0 aliphatic heterocycles. The lowest BCUT2D eigenvalue weighted by Gasteiger charge is -2.19. The number of anilines is 1. The normalized spacial score (nSPS) is 13.5. The van der Waals surface area contributed by atoms with E-state index < -0.39 is 35.6 Å². The van der Waals surface area contributed by atoms with Crippen LogP contribution in [0.1, 0.15) is 31.5 Å². The number of hydrogen-bond acceptors (Lipinski definition) is 8. The van der Waals surface area contributed by atoms with E-state index in [1.807, 2.05) is 0 Å². The predicted molar refractivity (Wildman–Crippen MR) is 159 cm³/mol. The Morgan fingerprint density at radius 2 is 1.89 bits per heavy atom. The summed E-state index contributed by atoms with van der Waals surface area (Å²) >= 11 is 0. The Labute approximate surface area is 252 Å². The van der Waals surface area contributed by atoms with Crippen LogP contribution in [-0.4, -0.2) is 88.8 Å². The number of allylic oxidation sites excluding steroid dienone is 1. The molecule has 1 saturated carbocycles. The molecule has 13 nitrogen and oxygen atoms in total. The summed E-state index contributed by atoms with van der Waals surface area (Å²) in [4.78, 5) is 70.6. The lowest BCUT2D eigenvalue weighted by molar-refractivity contribution is -0.125. The van der Waals surface area contributed by atoms with Crippen LogP contribution < -0.4 is 10.9 Å². The van der Waals surface area contributed by atoms with Crippen LogP contribution in [0.15, 0.2) is 53.5 Å². The molecule has 3 aromatic rings. The number of nitrogens with one attached hydrogen (secondary N) is 1. The van der Waals surface area contributed by atoms with Crippen LogP contribution >= 0.6 is 0 Å². The zero-order valence-corrected chi connectivity index (χ0v) is 25.0. The average molecular weight is 611 g/mol. The quantitative estimate of drug-likeness (QED) is 0.326. The van der Waals surface area contributed by atoms with E-state index in [-0.39, 0.29) is 48.9 Å². The highest BCUT2D eigenvalue weighted by Gasteiger charge is 2.27. The highest BCUT2D eigenvalue weighted by molar-refractivity contribution is 5.95. The fourth-order valence-electron chi connectivity index (χ4n) is 4.12. The van der Waals surface area contributed by atoms with E-state index in [0.29, 0.717) is 11.4 Å². The number of carbonyl (C=O) groups excluding carboxylic acids is 4. The maximum Gasteiger partial charge on any atom is 0.420 e. The van der Waals surface area contributed by atoms with E-state index in [2.05, 4.69) is 10.3 Å². The van der Waals surface area contributed by atoms with Gasteiger partial charge in [0.05, 0.1) is 24.2 Å². The number of rotatable bonds is 11. The third-order valence-electron chi connectivity index (χ3n) is 6.80. The number of nitrogens with zero attached hydrogens (tertiary/aromatic N) is 5. The molecule has 1 unspecified atom stereocenters. The molecule has 2 heterocycles. The fourth-order valence-corrected chi connectivity index (χ4v) is 4.12. The monoisotopic (exact) mass is 610 g/mol. The predicted octanol–water partition coefficient (Wildman–Crippen LogP) is 3.21. The van der Waals surface area contributed by atoms with Crippen molar-refractivity contribution in [2.45, 2.75) is 38.3 Å². The van der Waals surface area contributed by atoms with Crippen molar-refractivity contribution < 1.29 is 33.0 Å². The first-order valence-electron chi connectivity index (χ1n) is 14.0. The molecule has 1 aliphatic rings. The molecular formula is C30H35FN6O7. The minimum Gasteiger partial charge on any atom is -0.449 e. The minimum atomic E-state index is -1.27. The minimum absolute atomic E-state index is 0.0488. The summed E-state index contributed by atoms with van der Waals surface area (Å²) in [5.74, 6) is -1.07. The van der Waals surface area contributed by atoms with Gasteiger partial charge >= 0.3 is 12.2 Å². The zero-order valence-electron chi connectivity index (χ0n) is 25.0. The van der Waals surface area contributed by atoms with Crippen molar-refractivity contribution in [3.05, 3.63) is 70.7 Å². The number of halogens is 1. The van der Waals surface area contributed by atoms with Gasteiger partial charge in [-0.05, 0) is 61.9 Å². The van der Waals surface area contributed by atoms with Crippen LogP contribution in [0, 0.1) is 11.7 Å². The molecule has 0 spiro atoms. The van der Waals surface area contributed by atoms with Crippen molar-refractivity contribution in [1.82, 2.24) is 23.9 Å². The molecule has 1 atom stereocenters. The molecule has 2 aromatic heterocycles. The van der Waals surface area contributed by atoms with E-state index in [1.165, 1.54) is 70.7 Å². The van der Waals surface area contributed by atoms with Gasteiger partial charge in [0, 0.05) is 40.5 Å². The molecular weight excluding hydrogens is 575 g/mol. The van der Waals surface area contributed by atoms with E-state index in [1.54, 1.807) is 20.2 Å². The Morgan fingerprint density at radius 3 is 2.57 bits per heavy atom. The van der Waals surface area contributed by atoms with Crippen molar-refractivity contribution in [2.24, 2.45) is 5.92 Å².